The number of benzene rings is 1. The van der Waals surface area contributed by atoms with Crippen molar-refractivity contribution in [2.75, 3.05) is 29.9 Å². The molecule has 2 aromatic rings. The number of aryl methyl sites for hydroxylation is 1. The molecule has 0 saturated carbocycles. The number of rotatable bonds is 4. The average molecular weight is 317 g/mol. The Bertz CT molecular complexity index is 634. The maximum Gasteiger partial charge on any atom is 0.278 e. The van der Waals surface area contributed by atoms with E-state index in [0.29, 0.717) is 11.5 Å². The predicted molar refractivity (Wildman–Crippen MR) is 88.7 cm³/mol. The fourth-order valence-corrected chi connectivity index (χ4v) is 3.25. The van der Waals surface area contributed by atoms with Crippen LogP contribution in [0.4, 0.5) is 11.5 Å². The second kappa shape index (κ2) is 6.83. The smallest absolute Gasteiger partial charge is 0.278 e. The summed E-state index contributed by atoms with van der Waals surface area (Å²) in [6.45, 7) is 3.65. The lowest BCUT2D eigenvalue weighted by Crippen LogP contribution is -2.38. The first-order valence-electron chi connectivity index (χ1n) is 7.41. The molecule has 0 unspecified atom stereocenters. The van der Waals surface area contributed by atoms with Crippen molar-refractivity contribution in [2.45, 2.75) is 13.3 Å². The van der Waals surface area contributed by atoms with E-state index >= 15 is 0 Å². The zero-order valence-corrected chi connectivity index (χ0v) is 13.3. The highest BCUT2D eigenvalue weighted by molar-refractivity contribution is 7.99. The van der Waals surface area contributed by atoms with Gasteiger partial charge in [0.1, 0.15) is 0 Å². The molecule has 0 radical (unpaired) electrons. The van der Waals surface area contributed by atoms with Crippen LogP contribution in [0, 0.1) is 0 Å². The van der Waals surface area contributed by atoms with Crippen molar-refractivity contribution in [1.29, 1.82) is 0 Å². The molecule has 0 bridgehead atoms. The quantitative estimate of drug-likeness (QED) is 0.905. The molecule has 22 heavy (non-hydrogen) atoms. The number of aromatic nitrogens is 3. The third-order valence-corrected chi connectivity index (χ3v) is 4.62. The van der Waals surface area contributed by atoms with Crippen molar-refractivity contribution in [3.8, 4) is 0 Å². The maximum absolute atomic E-state index is 12.5. The van der Waals surface area contributed by atoms with Gasteiger partial charge in [0, 0.05) is 30.3 Å². The predicted octanol–water partition coefficient (Wildman–Crippen LogP) is 2.30. The Balaban J connectivity index is 1.74. The number of H-pyrrole nitrogens is 1. The van der Waals surface area contributed by atoms with Gasteiger partial charge in [0.15, 0.2) is 11.5 Å². The van der Waals surface area contributed by atoms with Crippen molar-refractivity contribution < 1.29 is 4.79 Å². The maximum atomic E-state index is 12.5. The Kier molecular flexibility index (Phi) is 4.62. The van der Waals surface area contributed by atoms with E-state index in [2.05, 4.69) is 39.8 Å². The number of amides is 1. The second-order valence-electron chi connectivity index (χ2n) is 5.10. The molecular formula is C15H19N5OS. The summed E-state index contributed by atoms with van der Waals surface area (Å²) in [6.07, 6.45) is 1.00. The van der Waals surface area contributed by atoms with Gasteiger partial charge in [-0.25, -0.2) is 0 Å². The van der Waals surface area contributed by atoms with E-state index in [1.807, 2.05) is 28.8 Å². The van der Waals surface area contributed by atoms with E-state index in [1.165, 1.54) is 5.56 Å². The minimum absolute atomic E-state index is 0.0678. The van der Waals surface area contributed by atoms with Gasteiger partial charge in [-0.2, -0.15) is 17.0 Å². The molecule has 7 heteroatoms. The van der Waals surface area contributed by atoms with Gasteiger partial charge in [0.05, 0.1) is 0 Å². The van der Waals surface area contributed by atoms with Crippen LogP contribution in [0.1, 0.15) is 23.0 Å². The summed E-state index contributed by atoms with van der Waals surface area (Å²) in [4.78, 5) is 14.4. The lowest BCUT2D eigenvalue weighted by Gasteiger charge is -2.25. The molecule has 1 aromatic heterocycles. The highest BCUT2D eigenvalue weighted by Gasteiger charge is 2.24. The van der Waals surface area contributed by atoms with Gasteiger partial charge in [-0.3, -0.25) is 4.79 Å². The third-order valence-electron chi connectivity index (χ3n) is 3.67. The molecule has 1 fully saturated rings. The fraction of sp³-hybridized carbons (Fsp3) is 0.400. The number of hydrogen-bond acceptors (Lipinski definition) is 5. The summed E-state index contributed by atoms with van der Waals surface area (Å²) in [5.74, 6) is 2.37. The molecule has 1 aromatic carbocycles. The first-order valence-corrected chi connectivity index (χ1v) is 8.57. The Hall–Kier alpha value is -2.02. The summed E-state index contributed by atoms with van der Waals surface area (Å²) >= 11 is 1.87. The van der Waals surface area contributed by atoms with Crippen LogP contribution in [0.5, 0.6) is 0 Å². The number of carbonyl (C=O) groups is 1. The highest BCUT2D eigenvalue weighted by Crippen LogP contribution is 2.20. The van der Waals surface area contributed by atoms with Crippen LogP contribution in [-0.2, 0) is 6.42 Å². The Morgan fingerprint density at radius 2 is 2.00 bits per heavy atom. The topological polar surface area (TPSA) is 73.9 Å². The molecule has 116 valence electrons. The number of hydrogen-bond donors (Lipinski definition) is 2. The molecule has 1 aliphatic rings. The molecule has 2 heterocycles. The van der Waals surface area contributed by atoms with Gasteiger partial charge in [0.25, 0.3) is 5.91 Å². The first-order chi connectivity index (χ1) is 10.8. The van der Waals surface area contributed by atoms with Crippen molar-refractivity contribution in [3.05, 3.63) is 35.5 Å². The van der Waals surface area contributed by atoms with Crippen molar-refractivity contribution in [2.24, 2.45) is 0 Å². The number of nitrogens with zero attached hydrogens (tertiary/aromatic N) is 3. The van der Waals surface area contributed by atoms with Crippen LogP contribution in [0.25, 0.3) is 0 Å². The lowest BCUT2D eigenvalue weighted by atomic mass is 10.1. The SMILES string of the molecule is CCc1ccc(Nc2n[nH]nc2C(=O)N2CCSCC2)cc1. The summed E-state index contributed by atoms with van der Waals surface area (Å²) in [6, 6.07) is 8.09. The number of anilines is 2. The molecule has 6 nitrogen and oxygen atoms in total. The lowest BCUT2D eigenvalue weighted by molar-refractivity contribution is 0.0767. The molecule has 0 atom stereocenters. The van der Waals surface area contributed by atoms with Crippen LogP contribution in [0.15, 0.2) is 24.3 Å². The Morgan fingerprint density at radius 1 is 1.27 bits per heavy atom. The molecule has 1 amide bonds. The first kappa shape index (κ1) is 14.9. The molecule has 1 saturated heterocycles. The summed E-state index contributed by atoms with van der Waals surface area (Å²) in [7, 11) is 0. The van der Waals surface area contributed by atoms with Crippen molar-refractivity contribution in [3.63, 3.8) is 0 Å². The van der Waals surface area contributed by atoms with E-state index in [0.717, 1.165) is 36.7 Å². The summed E-state index contributed by atoms with van der Waals surface area (Å²) < 4.78 is 0. The van der Waals surface area contributed by atoms with Gasteiger partial charge in [-0.05, 0) is 24.1 Å². The summed E-state index contributed by atoms with van der Waals surface area (Å²) in [5.41, 5.74) is 2.52. The average Bonchev–Trinajstić information content (AvgIpc) is 3.04. The van der Waals surface area contributed by atoms with E-state index < -0.39 is 0 Å². The molecule has 2 N–H and O–H groups in total. The fourth-order valence-electron chi connectivity index (χ4n) is 2.34. The van der Waals surface area contributed by atoms with Gasteiger partial charge in [0.2, 0.25) is 0 Å². The van der Waals surface area contributed by atoms with Gasteiger partial charge < -0.3 is 10.2 Å². The Morgan fingerprint density at radius 3 is 2.68 bits per heavy atom. The molecule has 0 aliphatic carbocycles. The van der Waals surface area contributed by atoms with Crippen molar-refractivity contribution in [1.82, 2.24) is 20.3 Å². The van der Waals surface area contributed by atoms with E-state index in [1.54, 1.807) is 0 Å². The number of nitrogens with one attached hydrogen (secondary N) is 2. The van der Waals surface area contributed by atoms with E-state index in [9.17, 15) is 4.79 Å². The summed E-state index contributed by atoms with van der Waals surface area (Å²) in [5, 5.41) is 13.8. The largest absolute Gasteiger partial charge is 0.337 e. The number of aromatic amines is 1. The number of carbonyl (C=O) groups excluding carboxylic acids is 1. The van der Waals surface area contributed by atoms with Crippen molar-refractivity contribution >= 4 is 29.2 Å². The molecule has 3 rings (SSSR count). The minimum atomic E-state index is -0.0678. The van der Waals surface area contributed by atoms with Gasteiger partial charge in [-0.15, -0.1) is 10.2 Å². The Labute approximate surface area is 133 Å². The second-order valence-corrected chi connectivity index (χ2v) is 6.33. The molecule has 1 aliphatic heterocycles. The van der Waals surface area contributed by atoms with Crippen LogP contribution >= 0.6 is 11.8 Å². The zero-order chi connectivity index (χ0) is 15.4. The van der Waals surface area contributed by atoms with Crippen LogP contribution in [0.2, 0.25) is 0 Å². The van der Waals surface area contributed by atoms with Crippen LogP contribution in [-0.4, -0.2) is 50.8 Å². The minimum Gasteiger partial charge on any atom is -0.337 e. The van der Waals surface area contributed by atoms with Gasteiger partial charge >= 0.3 is 0 Å². The number of thioether (sulfide) groups is 1. The van der Waals surface area contributed by atoms with Crippen LogP contribution in [0.3, 0.4) is 0 Å². The van der Waals surface area contributed by atoms with E-state index in [4.69, 9.17) is 0 Å². The molecule has 0 spiro atoms. The zero-order valence-electron chi connectivity index (χ0n) is 12.5. The van der Waals surface area contributed by atoms with Crippen LogP contribution < -0.4 is 5.32 Å². The molecular weight excluding hydrogens is 298 g/mol. The standard InChI is InChI=1S/C15H19N5OS/c1-2-11-3-5-12(6-4-11)16-14-13(17-19-18-14)15(21)20-7-9-22-10-8-20/h3-6H,2,7-10H2,1H3,(H2,16,17,18,19). The third kappa shape index (κ3) is 3.24. The highest BCUT2D eigenvalue weighted by atomic mass is 32.2. The normalized spacial score (nSPS) is 14.9. The van der Waals surface area contributed by atoms with Gasteiger partial charge in [-0.1, -0.05) is 19.1 Å². The van der Waals surface area contributed by atoms with E-state index in [-0.39, 0.29) is 5.91 Å². The monoisotopic (exact) mass is 317 g/mol.